The predicted octanol–water partition coefficient (Wildman–Crippen LogP) is 1.70. The van der Waals surface area contributed by atoms with E-state index in [9.17, 15) is 20.0 Å². The van der Waals surface area contributed by atoms with Crippen LogP contribution < -0.4 is 10.5 Å². The summed E-state index contributed by atoms with van der Waals surface area (Å²) in [6, 6.07) is 6.30. The molecule has 2 rings (SSSR count). The van der Waals surface area contributed by atoms with Crippen LogP contribution in [0, 0.1) is 11.1 Å². The average Bonchev–Trinajstić information content (AvgIpc) is 2.64. The highest BCUT2D eigenvalue weighted by molar-refractivity contribution is 6.00. The normalized spacial score (nSPS) is 18.1. The highest BCUT2D eigenvalue weighted by atomic mass is 16.8. The van der Waals surface area contributed by atoms with Crippen molar-refractivity contribution in [1.82, 2.24) is 5.32 Å². The molecule has 0 aliphatic carbocycles. The highest BCUT2D eigenvalue weighted by Crippen LogP contribution is 2.41. The van der Waals surface area contributed by atoms with Gasteiger partial charge >= 0.3 is 11.9 Å². The third-order valence-electron chi connectivity index (χ3n) is 4.44. The van der Waals surface area contributed by atoms with E-state index in [0.717, 1.165) is 0 Å². The summed E-state index contributed by atoms with van der Waals surface area (Å²) >= 11 is 0. The molecule has 8 heteroatoms. The Morgan fingerprint density at radius 1 is 1.18 bits per heavy atom. The molecule has 0 fully saturated rings. The van der Waals surface area contributed by atoms with Crippen LogP contribution >= 0.6 is 0 Å². The monoisotopic (exact) mass is 390 g/mol. The molecule has 0 aromatic heterocycles. The van der Waals surface area contributed by atoms with Gasteiger partial charge in [-0.05, 0) is 19.8 Å². The lowest BCUT2D eigenvalue weighted by atomic mass is 9.79. The molecule has 8 nitrogen and oxygen atoms in total. The van der Waals surface area contributed by atoms with Crippen LogP contribution in [-0.4, -0.2) is 30.9 Å². The first-order valence-corrected chi connectivity index (χ1v) is 8.95. The molecule has 1 aliphatic rings. The number of ether oxygens (including phenoxy) is 2. The lowest BCUT2D eigenvalue weighted by Gasteiger charge is -2.31. The first-order valence-electron chi connectivity index (χ1n) is 8.95. The van der Waals surface area contributed by atoms with Gasteiger partial charge in [0.05, 0.1) is 30.8 Å². The maximum Gasteiger partial charge on any atom is 0.336 e. The second-order valence-electron chi connectivity index (χ2n) is 7.01. The van der Waals surface area contributed by atoms with Crippen LogP contribution in [0.3, 0.4) is 0 Å². The molecule has 0 amide bonds. The molecule has 1 heterocycles. The minimum atomic E-state index is -1.15. The van der Waals surface area contributed by atoms with Crippen molar-refractivity contribution in [2.24, 2.45) is 5.92 Å². The highest BCUT2D eigenvalue weighted by Gasteiger charge is 2.39. The molecule has 1 aromatic rings. The number of methoxy groups -OCH3 is 1. The van der Waals surface area contributed by atoms with E-state index in [4.69, 9.17) is 9.47 Å². The summed E-state index contributed by atoms with van der Waals surface area (Å²) in [6.07, 6.45) is 0. The van der Waals surface area contributed by atoms with E-state index < -0.39 is 23.1 Å². The summed E-state index contributed by atoms with van der Waals surface area (Å²) in [7, 11) is 1.24. The molecular formula is C20H26N2O6. The van der Waals surface area contributed by atoms with Crippen molar-refractivity contribution in [3.63, 3.8) is 0 Å². The first kappa shape index (κ1) is 21.6. The van der Waals surface area contributed by atoms with Crippen LogP contribution in [0.1, 0.15) is 39.2 Å². The van der Waals surface area contributed by atoms with Gasteiger partial charge in [0.2, 0.25) is 0 Å². The Labute approximate surface area is 164 Å². The standard InChI is InChI=1S/C20H26N2O6/c1-11(2)10-28-20(24)17-13(4)21-12(3)16(19(23)27-5)18(17)14-8-6-7-9-15(14)22(25)26/h6-9,11,18,21-22,25H,10H2,1-5H3. The minimum Gasteiger partial charge on any atom is -0.595 e. The Morgan fingerprint density at radius 3 is 2.29 bits per heavy atom. The molecule has 3 N–H and O–H groups in total. The van der Waals surface area contributed by atoms with E-state index in [-0.39, 0.29) is 29.4 Å². The van der Waals surface area contributed by atoms with Crippen molar-refractivity contribution in [2.75, 3.05) is 13.7 Å². The van der Waals surface area contributed by atoms with Crippen LogP contribution in [0.4, 0.5) is 5.69 Å². The van der Waals surface area contributed by atoms with Gasteiger partial charge in [0.25, 0.3) is 0 Å². The van der Waals surface area contributed by atoms with Crippen LogP contribution in [0.2, 0.25) is 0 Å². The zero-order valence-electron chi connectivity index (χ0n) is 16.7. The van der Waals surface area contributed by atoms with Crippen molar-refractivity contribution < 1.29 is 29.5 Å². The van der Waals surface area contributed by atoms with Crippen LogP contribution in [0.25, 0.3) is 0 Å². The largest absolute Gasteiger partial charge is 0.595 e. The van der Waals surface area contributed by atoms with Gasteiger partial charge in [-0.2, -0.15) is 5.23 Å². The Hall–Kier alpha value is -2.68. The second-order valence-corrected chi connectivity index (χ2v) is 7.01. The number of nitrogens with one attached hydrogen (secondary N) is 2. The SMILES string of the molecule is COC(=O)C1=C(C)NC(C)=C(C(=O)OCC(C)C)C1c1ccccc1[NH+]([O-])O. The van der Waals surface area contributed by atoms with Crippen molar-refractivity contribution in [2.45, 2.75) is 33.6 Å². The summed E-state index contributed by atoms with van der Waals surface area (Å²) in [5.41, 5.74) is 1.70. The number of dihydropyridines is 1. The molecule has 2 unspecified atom stereocenters. The van der Waals surface area contributed by atoms with Crippen LogP contribution in [0.15, 0.2) is 46.8 Å². The molecule has 2 atom stereocenters. The summed E-state index contributed by atoms with van der Waals surface area (Å²) < 4.78 is 10.3. The van der Waals surface area contributed by atoms with Gasteiger partial charge in [0.15, 0.2) is 5.69 Å². The zero-order valence-corrected chi connectivity index (χ0v) is 16.7. The number of hydrogen-bond donors (Lipinski definition) is 3. The number of allylic oxidation sites excluding steroid dienone is 2. The topological polar surface area (TPSA) is 112 Å². The molecule has 1 aliphatic heterocycles. The van der Waals surface area contributed by atoms with Gasteiger partial charge in [-0.15, -0.1) is 0 Å². The van der Waals surface area contributed by atoms with Crippen molar-refractivity contribution in [3.8, 4) is 0 Å². The number of esters is 2. The average molecular weight is 390 g/mol. The van der Waals surface area contributed by atoms with Gasteiger partial charge in [-0.25, -0.2) is 14.8 Å². The summed E-state index contributed by atoms with van der Waals surface area (Å²) in [5.74, 6) is -2.03. The molecule has 28 heavy (non-hydrogen) atoms. The third-order valence-corrected chi connectivity index (χ3v) is 4.44. The zero-order chi connectivity index (χ0) is 21.0. The van der Waals surface area contributed by atoms with E-state index in [1.54, 1.807) is 32.0 Å². The van der Waals surface area contributed by atoms with E-state index in [1.165, 1.54) is 13.2 Å². The molecule has 152 valence electrons. The molecular weight excluding hydrogens is 364 g/mol. The summed E-state index contributed by atoms with van der Waals surface area (Å²) in [5, 5.41) is 23.3. The Bertz CT molecular complexity index is 826. The number of quaternary nitrogens is 1. The maximum atomic E-state index is 12.9. The molecule has 0 radical (unpaired) electrons. The lowest BCUT2D eigenvalue weighted by molar-refractivity contribution is -0.991. The molecule has 1 aromatic carbocycles. The van der Waals surface area contributed by atoms with Gasteiger partial charge < -0.3 is 20.0 Å². The fourth-order valence-corrected chi connectivity index (χ4v) is 3.22. The molecule has 0 bridgehead atoms. The van der Waals surface area contributed by atoms with E-state index in [1.807, 2.05) is 13.8 Å². The fourth-order valence-electron chi connectivity index (χ4n) is 3.22. The van der Waals surface area contributed by atoms with Crippen LogP contribution in [0.5, 0.6) is 0 Å². The van der Waals surface area contributed by atoms with Gasteiger partial charge in [-0.1, -0.05) is 32.0 Å². The Balaban J connectivity index is 2.67. The predicted molar refractivity (Wildman–Crippen MR) is 101 cm³/mol. The number of carbonyl (C=O) groups is 2. The second kappa shape index (κ2) is 9.01. The number of rotatable bonds is 6. The van der Waals surface area contributed by atoms with E-state index >= 15 is 0 Å². The number of benzene rings is 1. The van der Waals surface area contributed by atoms with Crippen molar-refractivity contribution >= 4 is 17.6 Å². The van der Waals surface area contributed by atoms with Gasteiger partial charge in [0, 0.05) is 23.0 Å². The maximum absolute atomic E-state index is 12.9. The smallest absolute Gasteiger partial charge is 0.336 e. The molecule has 0 saturated carbocycles. The minimum absolute atomic E-state index is 0.00515. The fraction of sp³-hybridized carbons (Fsp3) is 0.400. The number of para-hydroxylation sites is 1. The van der Waals surface area contributed by atoms with Crippen molar-refractivity contribution in [3.05, 3.63) is 57.6 Å². The van der Waals surface area contributed by atoms with Gasteiger partial charge in [0.1, 0.15) is 0 Å². The molecule has 0 saturated heterocycles. The Kier molecular flexibility index (Phi) is 6.95. The quantitative estimate of drug-likeness (QED) is 0.500. The first-order chi connectivity index (χ1) is 13.2. The third kappa shape index (κ3) is 4.41. The molecule has 0 spiro atoms. The Morgan fingerprint density at radius 2 is 1.75 bits per heavy atom. The summed E-state index contributed by atoms with van der Waals surface area (Å²) in [6.45, 7) is 7.41. The van der Waals surface area contributed by atoms with Gasteiger partial charge in [-0.3, -0.25) is 0 Å². The van der Waals surface area contributed by atoms with E-state index in [2.05, 4.69) is 5.32 Å². The summed E-state index contributed by atoms with van der Waals surface area (Å²) in [4.78, 5) is 25.4. The lowest BCUT2D eigenvalue weighted by Crippen LogP contribution is -2.99. The van der Waals surface area contributed by atoms with Crippen molar-refractivity contribution in [1.29, 1.82) is 0 Å². The number of carbonyl (C=O) groups excluding carboxylic acids is 2. The van der Waals surface area contributed by atoms with E-state index in [0.29, 0.717) is 17.0 Å². The van der Waals surface area contributed by atoms with Crippen LogP contribution in [-0.2, 0) is 19.1 Å². The number of hydrogen-bond acceptors (Lipinski definition) is 7.